The molecule has 0 rings (SSSR count). The predicted octanol–water partition coefficient (Wildman–Crippen LogP) is 3.17. The predicted molar refractivity (Wildman–Crippen MR) is 46.8 cm³/mol. The Balaban J connectivity index is 2.72. The van der Waals surface area contributed by atoms with E-state index < -0.39 is 0 Å². The molecule has 0 aliphatic rings. The van der Waals surface area contributed by atoms with Crippen molar-refractivity contribution in [1.82, 2.24) is 0 Å². The first-order chi connectivity index (χ1) is 4.91. The Hall–Kier alpha value is -0.160. The number of hydrogen-bond acceptors (Lipinski definition) is 2. The summed E-state index contributed by atoms with van der Waals surface area (Å²) >= 11 is 1.37. The van der Waals surface area contributed by atoms with Gasteiger partial charge in [-0.1, -0.05) is 32.6 Å². The van der Waals surface area contributed by atoms with Crippen LogP contribution in [0.1, 0.15) is 39.0 Å². The Morgan fingerprint density at radius 2 is 1.90 bits per heavy atom. The van der Waals surface area contributed by atoms with Crippen molar-refractivity contribution in [3.63, 3.8) is 0 Å². The van der Waals surface area contributed by atoms with Gasteiger partial charge in [0.25, 0.3) is 0 Å². The van der Waals surface area contributed by atoms with Crippen LogP contribution in [0.2, 0.25) is 0 Å². The van der Waals surface area contributed by atoms with Gasteiger partial charge < -0.3 is 0 Å². The highest BCUT2D eigenvalue weighted by atomic mass is 32.2. The van der Waals surface area contributed by atoms with E-state index in [1.54, 1.807) is 0 Å². The molecule has 0 aliphatic carbocycles. The second-order valence-corrected chi connectivity index (χ2v) is 3.23. The minimum absolute atomic E-state index is 1.01. The maximum Gasteiger partial charge on any atom is 0.133 e. The van der Waals surface area contributed by atoms with E-state index in [-0.39, 0.29) is 0 Å². The smallest absolute Gasteiger partial charge is 0.133 e. The van der Waals surface area contributed by atoms with E-state index in [0.29, 0.717) is 0 Å². The lowest BCUT2D eigenvalue weighted by Crippen LogP contribution is -1.79. The molecule has 0 N–H and O–H groups in total. The first kappa shape index (κ1) is 9.84. The summed E-state index contributed by atoms with van der Waals surface area (Å²) in [7, 11) is 0. The van der Waals surface area contributed by atoms with Crippen molar-refractivity contribution < 1.29 is 0 Å². The van der Waals surface area contributed by atoms with Crippen LogP contribution in [-0.2, 0) is 0 Å². The van der Waals surface area contributed by atoms with Gasteiger partial charge in [0.15, 0.2) is 0 Å². The third-order valence-corrected chi connectivity index (χ3v) is 2.04. The lowest BCUT2D eigenvalue weighted by Gasteiger charge is -1.95. The highest BCUT2D eigenvalue weighted by Crippen LogP contribution is 2.06. The van der Waals surface area contributed by atoms with Crippen LogP contribution in [-0.4, -0.2) is 5.75 Å². The fourth-order valence-electron chi connectivity index (χ4n) is 0.823. The second kappa shape index (κ2) is 8.84. The molecule has 0 aliphatic heterocycles. The van der Waals surface area contributed by atoms with Gasteiger partial charge >= 0.3 is 0 Å². The molecule has 0 aromatic heterocycles. The quantitative estimate of drug-likeness (QED) is 0.437. The number of rotatable bonds is 6. The Bertz CT molecular complexity index is 95.9. The van der Waals surface area contributed by atoms with E-state index in [2.05, 4.69) is 12.3 Å². The van der Waals surface area contributed by atoms with Crippen LogP contribution in [0.4, 0.5) is 0 Å². The molecule has 1 nitrogen and oxygen atoms in total. The van der Waals surface area contributed by atoms with E-state index >= 15 is 0 Å². The molecule has 0 heterocycles. The summed E-state index contributed by atoms with van der Waals surface area (Å²) in [5, 5.41) is 10.3. The topological polar surface area (TPSA) is 23.8 Å². The molecule has 0 aromatic rings. The summed E-state index contributed by atoms with van der Waals surface area (Å²) in [4.78, 5) is 0. The van der Waals surface area contributed by atoms with Crippen molar-refractivity contribution in [3.8, 4) is 5.40 Å². The van der Waals surface area contributed by atoms with Gasteiger partial charge in [0, 0.05) is 5.75 Å². The average Bonchev–Trinajstić information content (AvgIpc) is 1.97. The lowest BCUT2D eigenvalue weighted by atomic mass is 10.2. The van der Waals surface area contributed by atoms with Crippen molar-refractivity contribution in [1.29, 1.82) is 5.26 Å². The minimum Gasteiger partial charge on any atom is -0.185 e. The number of nitrogens with zero attached hydrogens (tertiary/aromatic N) is 1. The Morgan fingerprint density at radius 3 is 2.50 bits per heavy atom. The van der Waals surface area contributed by atoms with Gasteiger partial charge in [-0.25, -0.2) is 0 Å². The molecule has 0 unspecified atom stereocenters. The molecule has 2 heteroatoms. The molecule has 0 aromatic carbocycles. The zero-order valence-corrected chi connectivity index (χ0v) is 7.41. The molecule has 0 atom stereocenters. The Kier molecular flexibility index (Phi) is 8.70. The van der Waals surface area contributed by atoms with Crippen LogP contribution in [0.5, 0.6) is 0 Å². The van der Waals surface area contributed by atoms with Gasteiger partial charge in [-0.2, -0.15) is 5.26 Å². The zero-order chi connectivity index (χ0) is 7.66. The zero-order valence-electron chi connectivity index (χ0n) is 6.60. The summed E-state index contributed by atoms with van der Waals surface area (Å²) in [5.74, 6) is 1.01. The van der Waals surface area contributed by atoms with Crippen molar-refractivity contribution in [2.75, 3.05) is 5.75 Å². The van der Waals surface area contributed by atoms with Crippen LogP contribution in [0.3, 0.4) is 0 Å². The molecule has 0 radical (unpaired) electrons. The largest absolute Gasteiger partial charge is 0.185 e. The van der Waals surface area contributed by atoms with E-state index in [4.69, 9.17) is 5.26 Å². The third kappa shape index (κ3) is 7.84. The molecule has 0 fully saturated rings. The summed E-state index contributed by atoms with van der Waals surface area (Å²) in [6, 6.07) is 0. The Morgan fingerprint density at radius 1 is 1.20 bits per heavy atom. The number of thioether (sulfide) groups is 1. The van der Waals surface area contributed by atoms with Crippen molar-refractivity contribution >= 4 is 11.8 Å². The van der Waals surface area contributed by atoms with Gasteiger partial charge in [0.2, 0.25) is 0 Å². The summed E-state index contributed by atoms with van der Waals surface area (Å²) in [5.41, 5.74) is 0. The summed E-state index contributed by atoms with van der Waals surface area (Å²) in [6.07, 6.45) is 6.48. The fraction of sp³-hybridized carbons (Fsp3) is 0.875. The van der Waals surface area contributed by atoms with E-state index in [1.807, 2.05) is 0 Å². The molecule has 10 heavy (non-hydrogen) atoms. The molecule has 0 saturated heterocycles. The fourth-order valence-corrected chi connectivity index (χ4v) is 1.26. The average molecular weight is 157 g/mol. The van der Waals surface area contributed by atoms with Gasteiger partial charge in [-0.3, -0.25) is 0 Å². The monoisotopic (exact) mass is 157 g/mol. The van der Waals surface area contributed by atoms with E-state index in [0.717, 1.165) is 5.75 Å². The van der Waals surface area contributed by atoms with Gasteiger partial charge in [-0.05, 0) is 18.2 Å². The third-order valence-electron chi connectivity index (χ3n) is 1.41. The number of thiocyanates is 1. The van der Waals surface area contributed by atoms with Gasteiger partial charge in [-0.15, -0.1) is 0 Å². The first-order valence-corrected chi connectivity index (χ1v) is 4.91. The second-order valence-electron chi connectivity index (χ2n) is 2.35. The molecule has 0 bridgehead atoms. The highest BCUT2D eigenvalue weighted by Gasteiger charge is 1.88. The van der Waals surface area contributed by atoms with Gasteiger partial charge in [0.1, 0.15) is 5.40 Å². The number of nitriles is 1. The first-order valence-electron chi connectivity index (χ1n) is 3.92. The molecular weight excluding hydrogens is 142 g/mol. The van der Waals surface area contributed by atoms with Crippen LogP contribution in [0.25, 0.3) is 0 Å². The van der Waals surface area contributed by atoms with Crippen molar-refractivity contribution in [3.05, 3.63) is 0 Å². The maximum atomic E-state index is 8.18. The molecule has 0 spiro atoms. The SMILES string of the molecule is CCCCCCCSC#N. The standard InChI is InChI=1S/C8H15NS/c1-2-3-4-5-6-7-10-8-9/h2-7H2,1H3. The van der Waals surface area contributed by atoms with Crippen LogP contribution >= 0.6 is 11.8 Å². The Labute approximate surface area is 67.8 Å². The molecule has 0 saturated carbocycles. The minimum atomic E-state index is 1.01. The maximum absolute atomic E-state index is 8.18. The van der Waals surface area contributed by atoms with Crippen molar-refractivity contribution in [2.45, 2.75) is 39.0 Å². The van der Waals surface area contributed by atoms with Crippen molar-refractivity contribution in [2.24, 2.45) is 0 Å². The summed E-state index contributed by atoms with van der Waals surface area (Å²) in [6.45, 7) is 2.21. The highest BCUT2D eigenvalue weighted by molar-refractivity contribution is 8.03. The van der Waals surface area contributed by atoms with E-state index in [1.165, 1.54) is 43.9 Å². The summed E-state index contributed by atoms with van der Waals surface area (Å²) < 4.78 is 0. The van der Waals surface area contributed by atoms with Crippen LogP contribution in [0.15, 0.2) is 0 Å². The molecule has 0 amide bonds. The van der Waals surface area contributed by atoms with Crippen LogP contribution in [0, 0.1) is 10.7 Å². The lowest BCUT2D eigenvalue weighted by molar-refractivity contribution is 0.659. The van der Waals surface area contributed by atoms with Crippen LogP contribution < -0.4 is 0 Å². The normalized spacial score (nSPS) is 9.20. The van der Waals surface area contributed by atoms with E-state index in [9.17, 15) is 0 Å². The molecular formula is C8H15NS. The number of hydrogen-bond donors (Lipinski definition) is 0. The van der Waals surface area contributed by atoms with Gasteiger partial charge in [0.05, 0.1) is 0 Å². The molecule has 58 valence electrons. The number of unbranched alkanes of at least 4 members (excludes halogenated alkanes) is 4.